The maximum absolute atomic E-state index is 11.2. The highest BCUT2D eigenvalue weighted by molar-refractivity contribution is 5.94. The second-order valence-corrected chi connectivity index (χ2v) is 4.12. The third kappa shape index (κ3) is 4.47. The Morgan fingerprint density at radius 2 is 2.06 bits per heavy atom. The zero-order valence-corrected chi connectivity index (χ0v) is 10.3. The fourth-order valence-electron chi connectivity index (χ4n) is 1.63. The van der Waals surface area contributed by atoms with Gasteiger partial charge in [-0.05, 0) is 25.5 Å². The molecule has 0 fully saturated rings. The highest BCUT2D eigenvalue weighted by Crippen LogP contribution is 2.11. The lowest BCUT2D eigenvalue weighted by Crippen LogP contribution is -2.02. The number of carbonyl (C=O) groups is 1. The predicted octanol–water partition coefficient (Wildman–Crippen LogP) is 3.88. The minimum absolute atomic E-state index is 0.120. The van der Waals surface area contributed by atoms with Crippen molar-refractivity contribution in [2.24, 2.45) is 0 Å². The summed E-state index contributed by atoms with van der Waals surface area (Å²) in [7, 11) is 0. The number of hydrogen-bond donors (Lipinski definition) is 1. The van der Waals surface area contributed by atoms with Crippen LogP contribution in [0.1, 0.15) is 49.9 Å². The molecule has 0 bridgehead atoms. The van der Waals surface area contributed by atoms with Gasteiger partial charge in [0.05, 0.1) is 0 Å². The van der Waals surface area contributed by atoms with E-state index in [0.717, 1.165) is 17.8 Å². The number of nitrogens with one attached hydrogen (secondary N) is 1. The average Bonchev–Trinajstić information content (AvgIpc) is 2.29. The minimum atomic E-state index is 0.120. The molecule has 1 rings (SSSR count). The highest BCUT2D eigenvalue weighted by atomic mass is 16.1. The molecule has 0 saturated carbocycles. The van der Waals surface area contributed by atoms with Gasteiger partial charge in [0.2, 0.25) is 0 Å². The third-order valence-electron chi connectivity index (χ3n) is 2.63. The summed E-state index contributed by atoms with van der Waals surface area (Å²) in [5.74, 6) is 0.120. The second-order valence-electron chi connectivity index (χ2n) is 4.12. The first-order valence-corrected chi connectivity index (χ1v) is 6.09. The normalized spacial score (nSPS) is 10.1. The van der Waals surface area contributed by atoms with E-state index in [1.165, 1.54) is 25.7 Å². The third-order valence-corrected chi connectivity index (χ3v) is 2.63. The van der Waals surface area contributed by atoms with Gasteiger partial charge in [0.1, 0.15) is 0 Å². The van der Waals surface area contributed by atoms with Gasteiger partial charge in [-0.25, -0.2) is 0 Å². The van der Waals surface area contributed by atoms with Gasteiger partial charge >= 0.3 is 0 Å². The van der Waals surface area contributed by atoms with Crippen molar-refractivity contribution >= 4 is 11.5 Å². The summed E-state index contributed by atoms with van der Waals surface area (Å²) in [6, 6.07) is 7.70. The summed E-state index contributed by atoms with van der Waals surface area (Å²) in [6.45, 7) is 4.80. The number of unbranched alkanes of at least 4 members (excludes halogenated alkanes) is 3. The van der Waals surface area contributed by atoms with Crippen molar-refractivity contribution in [1.29, 1.82) is 0 Å². The van der Waals surface area contributed by atoms with Crippen LogP contribution in [-0.2, 0) is 0 Å². The molecule has 0 spiro atoms. The van der Waals surface area contributed by atoms with E-state index in [9.17, 15) is 4.79 Å². The van der Waals surface area contributed by atoms with Crippen LogP contribution in [0.5, 0.6) is 0 Å². The SMILES string of the molecule is CCCCCCNc1cccc(C(C)=O)c1. The van der Waals surface area contributed by atoms with E-state index in [-0.39, 0.29) is 5.78 Å². The molecule has 0 amide bonds. The molecule has 1 aromatic carbocycles. The van der Waals surface area contributed by atoms with Crippen molar-refractivity contribution < 1.29 is 4.79 Å². The molecule has 2 heteroatoms. The number of hydrogen-bond acceptors (Lipinski definition) is 2. The molecule has 0 aliphatic heterocycles. The largest absolute Gasteiger partial charge is 0.385 e. The zero-order valence-electron chi connectivity index (χ0n) is 10.3. The van der Waals surface area contributed by atoms with Gasteiger partial charge in [-0.1, -0.05) is 38.3 Å². The molecular weight excluding hydrogens is 198 g/mol. The summed E-state index contributed by atoms with van der Waals surface area (Å²) < 4.78 is 0. The number of Topliss-reactive ketones (excluding diaryl/α,β-unsaturated/α-hetero) is 1. The van der Waals surface area contributed by atoms with Crippen LogP contribution in [0.25, 0.3) is 0 Å². The van der Waals surface area contributed by atoms with Crippen molar-refractivity contribution in [2.75, 3.05) is 11.9 Å². The number of ketones is 1. The molecule has 88 valence electrons. The first-order chi connectivity index (χ1) is 7.74. The lowest BCUT2D eigenvalue weighted by Gasteiger charge is -2.07. The van der Waals surface area contributed by atoms with Crippen molar-refractivity contribution in [2.45, 2.75) is 39.5 Å². The molecule has 0 saturated heterocycles. The maximum Gasteiger partial charge on any atom is 0.159 e. The lowest BCUT2D eigenvalue weighted by atomic mass is 10.1. The molecular formula is C14H21NO. The number of carbonyl (C=O) groups excluding carboxylic acids is 1. The van der Waals surface area contributed by atoms with Crippen LogP contribution in [0.2, 0.25) is 0 Å². The fourth-order valence-corrected chi connectivity index (χ4v) is 1.63. The molecule has 1 N–H and O–H groups in total. The smallest absolute Gasteiger partial charge is 0.159 e. The van der Waals surface area contributed by atoms with Crippen molar-refractivity contribution in [1.82, 2.24) is 0 Å². The Kier molecular flexibility index (Phi) is 5.62. The van der Waals surface area contributed by atoms with Gasteiger partial charge in [-0.15, -0.1) is 0 Å². The van der Waals surface area contributed by atoms with E-state index >= 15 is 0 Å². The predicted molar refractivity (Wildman–Crippen MR) is 69.1 cm³/mol. The minimum Gasteiger partial charge on any atom is -0.385 e. The quantitative estimate of drug-likeness (QED) is 0.557. The van der Waals surface area contributed by atoms with Crippen LogP contribution in [0.3, 0.4) is 0 Å². The standard InChI is InChI=1S/C14H21NO/c1-3-4-5-6-10-15-14-9-7-8-13(11-14)12(2)16/h7-9,11,15H,3-6,10H2,1-2H3. The van der Waals surface area contributed by atoms with Gasteiger partial charge < -0.3 is 5.32 Å². The molecule has 0 aromatic heterocycles. The monoisotopic (exact) mass is 219 g/mol. The Bertz CT molecular complexity index is 333. The summed E-state index contributed by atoms with van der Waals surface area (Å²) in [5, 5.41) is 3.35. The molecule has 1 aromatic rings. The first kappa shape index (κ1) is 12.8. The maximum atomic E-state index is 11.2. The number of rotatable bonds is 7. The Hall–Kier alpha value is -1.31. The van der Waals surface area contributed by atoms with E-state index in [4.69, 9.17) is 0 Å². The van der Waals surface area contributed by atoms with E-state index in [0.29, 0.717) is 0 Å². The Labute approximate surface area is 98.1 Å². The molecule has 0 atom stereocenters. The molecule has 16 heavy (non-hydrogen) atoms. The van der Waals surface area contributed by atoms with E-state index in [1.54, 1.807) is 6.92 Å². The lowest BCUT2D eigenvalue weighted by molar-refractivity contribution is 0.101. The van der Waals surface area contributed by atoms with E-state index in [2.05, 4.69) is 12.2 Å². The average molecular weight is 219 g/mol. The van der Waals surface area contributed by atoms with Crippen LogP contribution in [0, 0.1) is 0 Å². The summed E-state index contributed by atoms with van der Waals surface area (Å²) in [5.41, 5.74) is 1.82. The van der Waals surface area contributed by atoms with Gasteiger partial charge in [0.25, 0.3) is 0 Å². The van der Waals surface area contributed by atoms with E-state index < -0.39 is 0 Å². The second kappa shape index (κ2) is 7.04. The molecule has 2 nitrogen and oxygen atoms in total. The zero-order chi connectivity index (χ0) is 11.8. The molecule has 0 unspecified atom stereocenters. The summed E-state index contributed by atoms with van der Waals surface area (Å²) >= 11 is 0. The van der Waals surface area contributed by atoms with E-state index in [1.807, 2.05) is 24.3 Å². The molecule has 0 aliphatic rings. The van der Waals surface area contributed by atoms with Gasteiger partial charge in [-0.3, -0.25) is 4.79 Å². The molecule has 0 aliphatic carbocycles. The van der Waals surface area contributed by atoms with Crippen LogP contribution < -0.4 is 5.32 Å². The number of benzene rings is 1. The van der Waals surface area contributed by atoms with Crippen molar-refractivity contribution in [3.63, 3.8) is 0 Å². The van der Waals surface area contributed by atoms with Gasteiger partial charge in [-0.2, -0.15) is 0 Å². The fraction of sp³-hybridized carbons (Fsp3) is 0.500. The van der Waals surface area contributed by atoms with Crippen molar-refractivity contribution in [3.8, 4) is 0 Å². The van der Waals surface area contributed by atoms with Crippen LogP contribution in [-0.4, -0.2) is 12.3 Å². The van der Waals surface area contributed by atoms with Crippen molar-refractivity contribution in [3.05, 3.63) is 29.8 Å². The summed E-state index contributed by atoms with van der Waals surface area (Å²) in [6.07, 6.45) is 5.03. The van der Waals surface area contributed by atoms with Gasteiger partial charge in [0.15, 0.2) is 5.78 Å². The highest BCUT2D eigenvalue weighted by Gasteiger charge is 1.99. The van der Waals surface area contributed by atoms with Gasteiger partial charge in [0, 0.05) is 17.8 Å². The first-order valence-electron chi connectivity index (χ1n) is 6.09. The Morgan fingerprint density at radius 1 is 1.25 bits per heavy atom. The molecule has 0 radical (unpaired) electrons. The molecule has 0 heterocycles. The van der Waals surface area contributed by atoms with Crippen LogP contribution >= 0.6 is 0 Å². The summed E-state index contributed by atoms with van der Waals surface area (Å²) in [4.78, 5) is 11.2. The Morgan fingerprint density at radius 3 is 2.75 bits per heavy atom. The topological polar surface area (TPSA) is 29.1 Å². The van der Waals surface area contributed by atoms with Crippen LogP contribution in [0.4, 0.5) is 5.69 Å². The van der Waals surface area contributed by atoms with Crippen LogP contribution in [0.15, 0.2) is 24.3 Å². The number of anilines is 1. The Balaban J connectivity index is 2.36.